The number of nitrogens with zero attached hydrogens (tertiary/aromatic N) is 3. The number of rotatable bonds is 6. The Balaban J connectivity index is 1.53. The van der Waals surface area contributed by atoms with Crippen LogP contribution in [0.5, 0.6) is 11.6 Å². The first-order valence-corrected chi connectivity index (χ1v) is 8.73. The largest absolute Gasteiger partial charge is 0.495 e. The Morgan fingerprint density at radius 3 is 2.81 bits per heavy atom. The van der Waals surface area contributed by atoms with Crippen LogP contribution in [0.25, 0.3) is 0 Å². The average Bonchev–Trinajstić information content (AvgIpc) is 3.25. The van der Waals surface area contributed by atoms with Crippen LogP contribution in [0.15, 0.2) is 24.4 Å². The normalized spacial score (nSPS) is 20.6. The molecule has 7 nitrogen and oxygen atoms in total. The summed E-state index contributed by atoms with van der Waals surface area (Å²) in [5.41, 5.74) is 0.729. The Kier molecular flexibility index (Phi) is 4.32. The molecule has 2 fully saturated rings. The van der Waals surface area contributed by atoms with E-state index in [4.69, 9.17) is 21.1 Å². The Morgan fingerprint density at radius 1 is 1.38 bits per heavy atom. The Hall–Kier alpha value is -2.54. The number of hydrogen-bond donors (Lipinski definition) is 1. The molecule has 2 atom stereocenters. The number of hydrogen-bond acceptors (Lipinski definition) is 6. The predicted molar refractivity (Wildman–Crippen MR) is 95.1 cm³/mol. The van der Waals surface area contributed by atoms with Crippen molar-refractivity contribution in [2.45, 2.75) is 13.0 Å². The van der Waals surface area contributed by atoms with Crippen LogP contribution in [0.1, 0.15) is 22.3 Å². The minimum Gasteiger partial charge on any atom is -0.495 e. The van der Waals surface area contributed by atoms with Crippen molar-refractivity contribution in [3.63, 3.8) is 0 Å². The van der Waals surface area contributed by atoms with Crippen molar-refractivity contribution in [1.29, 1.82) is 0 Å². The number of carboxylic acids is 1. The number of fused-ring (bicyclic) bond motifs is 1. The fourth-order valence-electron chi connectivity index (χ4n) is 3.28. The maximum Gasteiger partial charge on any atom is 0.342 e. The zero-order chi connectivity index (χ0) is 18.3. The van der Waals surface area contributed by atoms with Crippen LogP contribution in [0.3, 0.4) is 0 Å². The predicted octanol–water partition coefficient (Wildman–Crippen LogP) is 2.87. The van der Waals surface area contributed by atoms with Gasteiger partial charge in [0.25, 0.3) is 0 Å². The molecule has 2 unspecified atom stereocenters. The summed E-state index contributed by atoms with van der Waals surface area (Å²) in [6.45, 7) is 1.99. The van der Waals surface area contributed by atoms with Crippen LogP contribution in [0, 0.1) is 11.8 Å². The van der Waals surface area contributed by atoms with E-state index in [1.54, 1.807) is 25.3 Å². The van der Waals surface area contributed by atoms with E-state index in [-0.39, 0.29) is 18.1 Å². The van der Waals surface area contributed by atoms with Gasteiger partial charge in [-0.15, -0.1) is 0 Å². The molecule has 1 aliphatic heterocycles. The number of piperidine rings is 1. The highest BCUT2D eigenvalue weighted by molar-refractivity contribution is 6.32. The molecule has 1 N–H and O–H groups in total. The van der Waals surface area contributed by atoms with Crippen molar-refractivity contribution in [2.75, 3.05) is 25.1 Å². The third kappa shape index (κ3) is 3.26. The summed E-state index contributed by atoms with van der Waals surface area (Å²) < 4.78 is 10.8. The van der Waals surface area contributed by atoms with Crippen LogP contribution >= 0.6 is 11.6 Å². The molecule has 2 heterocycles. The summed E-state index contributed by atoms with van der Waals surface area (Å²) >= 11 is 6.12. The molecule has 2 aliphatic rings. The summed E-state index contributed by atoms with van der Waals surface area (Å²) in [4.78, 5) is 22.1. The number of anilines is 1. The molecule has 4 rings (SSSR count). The highest BCUT2D eigenvalue weighted by Crippen LogP contribution is 2.45. The van der Waals surface area contributed by atoms with E-state index >= 15 is 0 Å². The smallest absolute Gasteiger partial charge is 0.342 e. The fraction of sp³-hybridized carbons (Fsp3) is 0.389. The van der Waals surface area contributed by atoms with Crippen molar-refractivity contribution >= 4 is 23.5 Å². The molecule has 2 aromatic rings. The molecule has 8 heteroatoms. The van der Waals surface area contributed by atoms with Gasteiger partial charge in [-0.3, -0.25) is 0 Å². The molecule has 1 saturated heterocycles. The first-order valence-electron chi connectivity index (χ1n) is 8.35. The monoisotopic (exact) mass is 375 g/mol. The second-order valence-electron chi connectivity index (χ2n) is 6.61. The van der Waals surface area contributed by atoms with Crippen LogP contribution in [-0.4, -0.2) is 41.2 Å². The third-order valence-electron chi connectivity index (χ3n) is 4.82. The van der Waals surface area contributed by atoms with Crippen molar-refractivity contribution in [3.05, 3.63) is 40.5 Å². The van der Waals surface area contributed by atoms with Crippen LogP contribution in [-0.2, 0) is 6.61 Å². The number of aromatic nitrogens is 2. The van der Waals surface area contributed by atoms with Gasteiger partial charge in [-0.25, -0.2) is 9.78 Å². The minimum atomic E-state index is -1.12. The molecule has 0 amide bonds. The number of aromatic carboxylic acids is 1. The van der Waals surface area contributed by atoms with Crippen molar-refractivity contribution < 1.29 is 19.4 Å². The number of ether oxygens (including phenoxy) is 2. The number of methoxy groups -OCH3 is 1. The zero-order valence-corrected chi connectivity index (χ0v) is 14.9. The molecular formula is C18H18ClN3O4. The Bertz CT molecular complexity index is 850. The van der Waals surface area contributed by atoms with Gasteiger partial charge >= 0.3 is 5.97 Å². The quantitative estimate of drug-likeness (QED) is 0.830. The van der Waals surface area contributed by atoms with Crippen LogP contribution < -0.4 is 14.4 Å². The van der Waals surface area contributed by atoms with E-state index in [2.05, 4.69) is 14.9 Å². The third-order valence-corrected chi connectivity index (χ3v) is 5.12. The Morgan fingerprint density at radius 2 is 2.15 bits per heavy atom. The first-order chi connectivity index (χ1) is 12.5. The van der Waals surface area contributed by atoms with Gasteiger partial charge in [0.15, 0.2) is 0 Å². The van der Waals surface area contributed by atoms with Gasteiger partial charge in [0, 0.05) is 13.1 Å². The topological polar surface area (TPSA) is 84.8 Å². The molecule has 1 saturated carbocycles. The summed E-state index contributed by atoms with van der Waals surface area (Å²) in [5.74, 6) is 1.48. The molecule has 1 aromatic carbocycles. The van der Waals surface area contributed by atoms with Gasteiger partial charge < -0.3 is 19.5 Å². The van der Waals surface area contributed by atoms with Gasteiger partial charge in [0.05, 0.1) is 18.3 Å². The van der Waals surface area contributed by atoms with E-state index < -0.39 is 5.97 Å². The van der Waals surface area contributed by atoms with Crippen LogP contribution in [0.2, 0.25) is 5.02 Å². The summed E-state index contributed by atoms with van der Waals surface area (Å²) in [5, 5.41) is 9.83. The summed E-state index contributed by atoms with van der Waals surface area (Å²) in [6, 6.07) is 5.26. The Labute approximate surface area is 155 Å². The number of carbonyl (C=O) groups is 1. The van der Waals surface area contributed by atoms with Crippen LogP contribution in [0.4, 0.5) is 5.95 Å². The fourth-order valence-corrected chi connectivity index (χ4v) is 3.56. The molecule has 0 radical (unpaired) electrons. The van der Waals surface area contributed by atoms with E-state index in [1.165, 1.54) is 12.6 Å². The lowest BCUT2D eigenvalue weighted by atomic mass is 10.2. The van der Waals surface area contributed by atoms with Gasteiger partial charge in [-0.2, -0.15) is 4.98 Å². The van der Waals surface area contributed by atoms with E-state index in [1.807, 2.05) is 0 Å². The number of halogens is 1. The van der Waals surface area contributed by atoms with Crippen molar-refractivity contribution in [2.24, 2.45) is 11.8 Å². The van der Waals surface area contributed by atoms with E-state index in [0.717, 1.165) is 30.5 Å². The number of carboxylic acid groups (broad SMARTS) is 1. The molecule has 1 aromatic heterocycles. The second kappa shape index (κ2) is 6.64. The maximum absolute atomic E-state index is 11.5. The summed E-state index contributed by atoms with van der Waals surface area (Å²) in [7, 11) is 1.54. The zero-order valence-electron chi connectivity index (χ0n) is 14.2. The summed E-state index contributed by atoms with van der Waals surface area (Å²) in [6.07, 6.45) is 2.58. The maximum atomic E-state index is 11.5. The van der Waals surface area contributed by atoms with Gasteiger partial charge in [-0.1, -0.05) is 17.7 Å². The molecule has 136 valence electrons. The lowest BCUT2D eigenvalue weighted by Gasteiger charge is -2.19. The SMILES string of the molecule is COc1ccc(COc2nc(N3CC4CC4C3)ncc2C(=O)O)cc1Cl. The van der Waals surface area contributed by atoms with Gasteiger partial charge in [-0.05, 0) is 36.0 Å². The second-order valence-corrected chi connectivity index (χ2v) is 7.02. The first kappa shape index (κ1) is 16.9. The van der Waals surface area contributed by atoms with Crippen molar-refractivity contribution in [1.82, 2.24) is 9.97 Å². The lowest BCUT2D eigenvalue weighted by Crippen LogP contribution is -2.24. The molecular weight excluding hydrogens is 358 g/mol. The van der Waals surface area contributed by atoms with E-state index in [0.29, 0.717) is 16.7 Å². The van der Waals surface area contributed by atoms with Gasteiger partial charge in [0.2, 0.25) is 11.8 Å². The average molecular weight is 376 g/mol. The number of benzene rings is 1. The van der Waals surface area contributed by atoms with Gasteiger partial charge in [0.1, 0.15) is 17.9 Å². The highest BCUT2D eigenvalue weighted by Gasteiger charge is 2.46. The molecule has 26 heavy (non-hydrogen) atoms. The standard InChI is InChI=1S/C18H18ClN3O4/c1-25-15-3-2-10(4-14(15)19)9-26-16-13(17(23)24)6-20-18(21-16)22-7-11-5-12(11)8-22/h2-4,6,11-12H,5,7-9H2,1H3,(H,23,24). The molecule has 0 bridgehead atoms. The minimum absolute atomic E-state index is 0.0577. The van der Waals surface area contributed by atoms with Crippen molar-refractivity contribution in [3.8, 4) is 11.6 Å². The lowest BCUT2D eigenvalue weighted by molar-refractivity contribution is 0.0690. The molecule has 0 spiro atoms. The highest BCUT2D eigenvalue weighted by atomic mass is 35.5. The van der Waals surface area contributed by atoms with E-state index in [9.17, 15) is 9.90 Å². The molecule has 1 aliphatic carbocycles.